The Morgan fingerprint density at radius 3 is 3.33 bits per heavy atom. The molecule has 1 aliphatic rings. The Morgan fingerprint density at radius 2 is 2.67 bits per heavy atom. The first-order valence-electron chi connectivity index (χ1n) is 5.20. The molecule has 2 heterocycles. The minimum Gasteiger partial charge on any atom is -0.350 e. The molecule has 15 heavy (non-hydrogen) atoms. The Kier molecular flexibility index (Phi) is 3.69. The Hall–Kier alpha value is -0.940. The van der Waals surface area contributed by atoms with Crippen molar-refractivity contribution in [2.24, 2.45) is 5.92 Å². The molecule has 0 saturated carbocycles. The maximum Gasteiger partial charge on any atom is 0.220 e. The average Bonchev–Trinajstić information content (AvgIpc) is 2.86. The average molecular weight is 225 g/mol. The summed E-state index contributed by atoms with van der Waals surface area (Å²) in [7, 11) is 0. The second-order valence-electron chi connectivity index (χ2n) is 3.77. The lowest BCUT2D eigenvalue weighted by Crippen LogP contribution is -2.25. The van der Waals surface area contributed by atoms with Gasteiger partial charge in [0, 0.05) is 18.0 Å². The minimum atomic E-state index is 0.138. The van der Waals surface area contributed by atoms with Crippen molar-refractivity contribution in [1.29, 1.82) is 0 Å². The smallest absolute Gasteiger partial charge is 0.220 e. The zero-order valence-corrected chi connectivity index (χ0v) is 9.35. The van der Waals surface area contributed by atoms with Gasteiger partial charge in [-0.15, -0.1) is 11.3 Å². The second-order valence-corrected chi connectivity index (χ2v) is 4.74. The molecular formula is C10H15N3OS. The van der Waals surface area contributed by atoms with Crippen LogP contribution in [0.2, 0.25) is 0 Å². The third-order valence-electron chi connectivity index (χ3n) is 2.56. The summed E-state index contributed by atoms with van der Waals surface area (Å²) < 4.78 is 0. The Labute approximate surface area is 93.1 Å². The van der Waals surface area contributed by atoms with Crippen LogP contribution in [0.4, 0.5) is 0 Å². The predicted molar refractivity (Wildman–Crippen MR) is 59.6 cm³/mol. The fourth-order valence-electron chi connectivity index (χ4n) is 1.74. The maximum atomic E-state index is 11.5. The quantitative estimate of drug-likeness (QED) is 0.795. The fourth-order valence-corrected chi connectivity index (χ4v) is 2.29. The first-order valence-corrected chi connectivity index (χ1v) is 6.08. The van der Waals surface area contributed by atoms with E-state index in [-0.39, 0.29) is 5.91 Å². The molecule has 1 fully saturated rings. The first kappa shape index (κ1) is 10.6. The molecule has 1 aliphatic heterocycles. The number of rotatable bonds is 4. The molecule has 1 saturated heterocycles. The van der Waals surface area contributed by atoms with Crippen LogP contribution in [0.5, 0.6) is 0 Å². The number of carbonyl (C=O) groups is 1. The van der Waals surface area contributed by atoms with Gasteiger partial charge in [-0.25, -0.2) is 4.98 Å². The van der Waals surface area contributed by atoms with Gasteiger partial charge in [0.05, 0.1) is 6.54 Å². The van der Waals surface area contributed by atoms with Gasteiger partial charge in [0.15, 0.2) is 0 Å². The van der Waals surface area contributed by atoms with E-state index in [2.05, 4.69) is 15.6 Å². The lowest BCUT2D eigenvalue weighted by molar-refractivity contribution is -0.122. The van der Waals surface area contributed by atoms with Crippen molar-refractivity contribution < 1.29 is 4.79 Å². The van der Waals surface area contributed by atoms with Crippen LogP contribution in [-0.4, -0.2) is 24.0 Å². The van der Waals surface area contributed by atoms with Gasteiger partial charge in [-0.05, 0) is 25.4 Å². The Morgan fingerprint density at radius 1 is 1.73 bits per heavy atom. The van der Waals surface area contributed by atoms with Gasteiger partial charge >= 0.3 is 0 Å². The van der Waals surface area contributed by atoms with Gasteiger partial charge in [0.1, 0.15) is 5.01 Å². The van der Waals surface area contributed by atoms with Crippen LogP contribution >= 0.6 is 11.3 Å². The molecule has 1 atom stereocenters. The molecule has 1 aromatic heterocycles. The number of nitrogens with one attached hydrogen (secondary N) is 2. The number of hydrogen-bond donors (Lipinski definition) is 2. The third-order valence-corrected chi connectivity index (χ3v) is 3.34. The summed E-state index contributed by atoms with van der Waals surface area (Å²) >= 11 is 1.57. The van der Waals surface area contributed by atoms with Gasteiger partial charge in [-0.2, -0.15) is 0 Å². The molecule has 0 radical (unpaired) electrons. The van der Waals surface area contributed by atoms with E-state index in [0.29, 0.717) is 18.9 Å². The summed E-state index contributed by atoms with van der Waals surface area (Å²) in [4.78, 5) is 15.6. The van der Waals surface area contributed by atoms with Crippen molar-refractivity contribution in [2.75, 3.05) is 13.1 Å². The first-order chi connectivity index (χ1) is 7.34. The van der Waals surface area contributed by atoms with E-state index in [1.165, 1.54) is 0 Å². The molecule has 4 nitrogen and oxygen atoms in total. The van der Waals surface area contributed by atoms with Crippen LogP contribution in [0, 0.1) is 5.92 Å². The summed E-state index contributed by atoms with van der Waals surface area (Å²) in [5, 5.41) is 9.03. The van der Waals surface area contributed by atoms with Gasteiger partial charge in [0.25, 0.3) is 0 Å². The lowest BCUT2D eigenvalue weighted by Gasteiger charge is -2.07. The number of hydrogen-bond acceptors (Lipinski definition) is 4. The molecule has 0 aromatic carbocycles. The van der Waals surface area contributed by atoms with Crippen LogP contribution in [0.1, 0.15) is 17.8 Å². The van der Waals surface area contributed by atoms with E-state index in [1.807, 2.05) is 5.38 Å². The van der Waals surface area contributed by atoms with E-state index in [0.717, 1.165) is 24.5 Å². The Bertz CT molecular complexity index is 306. The zero-order valence-electron chi connectivity index (χ0n) is 8.53. The normalized spacial score (nSPS) is 20.4. The summed E-state index contributed by atoms with van der Waals surface area (Å²) in [5.74, 6) is 0.653. The van der Waals surface area contributed by atoms with Crippen LogP contribution in [0.25, 0.3) is 0 Å². The van der Waals surface area contributed by atoms with E-state index in [9.17, 15) is 4.79 Å². The molecule has 5 heteroatoms. The van der Waals surface area contributed by atoms with Gasteiger partial charge < -0.3 is 10.6 Å². The van der Waals surface area contributed by atoms with Gasteiger partial charge in [-0.1, -0.05) is 0 Å². The molecule has 0 bridgehead atoms. The molecule has 0 aliphatic carbocycles. The molecule has 2 N–H and O–H groups in total. The van der Waals surface area contributed by atoms with E-state index in [4.69, 9.17) is 0 Å². The highest BCUT2D eigenvalue weighted by atomic mass is 32.1. The molecular weight excluding hydrogens is 210 g/mol. The van der Waals surface area contributed by atoms with Crippen molar-refractivity contribution >= 4 is 17.2 Å². The zero-order chi connectivity index (χ0) is 10.5. The highest BCUT2D eigenvalue weighted by Gasteiger charge is 2.17. The maximum absolute atomic E-state index is 11.5. The summed E-state index contributed by atoms with van der Waals surface area (Å²) in [5.41, 5.74) is 0. The minimum absolute atomic E-state index is 0.138. The molecule has 1 amide bonds. The predicted octanol–water partition coefficient (Wildman–Crippen LogP) is 0.759. The van der Waals surface area contributed by atoms with Crippen LogP contribution in [0.3, 0.4) is 0 Å². The highest BCUT2D eigenvalue weighted by Crippen LogP contribution is 2.11. The number of thiazole rings is 1. The molecule has 2 rings (SSSR count). The number of carbonyl (C=O) groups excluding carboxylic acids is 1. The summed E-state index contributed by atoms with van der Waals surface area (Å²) in [6, 6.07) is 0. The topological polar surface area (TPSA) is 54.0 Å². The van der Waals surface area contributed by atoms with E-state index < -0.39 is 0 Å². The van der Waals surface area contributed by atoms with Crippen molar-refractivity contribution in [3.8, 4) is 0 Å². The molecule has 82 valence electrons. The SMILES string of the molecule is O=C(CC1CCNC1)NCc1nccs1. The molecule has 1 unspecified atom stereocenters. The van der Waals surface area contributed by atoms with Gasteiger partial charge in [-0.3, -0.25) is 4.79 Å². The fraction of sp³-hybridized carbons (Fsp3) is 0.600. The number of amides is 1. The molecule has 1 aromatic rings. The van der Waals surface area contributed by atoms with Crippen molar-refractivity contribution in [2.45, 2.75) is 19.4 Å². The van der Waals surface area contributed by atoms with Crippen LogP contribution in [-0.2, 0) is 11.3 Å². The van der Waals surface area contributed by atoms with Crippen molar-refractivity contribution in [3.05, 3.63) is 16.6 Å². The highest BCUT2D eigenvalue weighted by molar-refractivity contribution is 7.09. The lowest BCUT2D eigenvalue weighted by atomic mass is 10.0. The van der Waals surface area contributed by atoms with Gasteiger partial charge in [0.2, 0.25) is 5.91 Å². The summed E-state index contributed by atoms with van der Waals surface area (Å²) in [6.45, 7) is 2.59. The van der Waals surface area contributed by atoms with Crippen molar-refractivity contribution in [1.82, 2.24) is 15.6 Å². The third kappa shape index (κ3) is 3.28. The van der Waals surface area contributed by atoms with Crippen LogP contribution < -0.4 is 10.6 Å². The van der Waals surface area contributed by atoms with E-state index in [1.54, 1.807) is 17.5 Å². The van der Waals surface area contributed by atoms with Crippen LogP contribution in [0.15, 0.2) is 11.6 Å². The number of nitrogens with zero attached hydrogens (tertiary/aromatic N) is 1. The Balaban J connectivity index is 1.68. The monoisotopic (exact) mass is 225 g/mol. The van der Waals surface area contributed by atoms with E-state index >= 15 is 0 Å². The second kappa shape index (κ2) is 5.23. The number of aromatic nitrogens is 1. The van der Waals surface area contributed by atoms with Crippen molar-refractivity contribution in [3.63, 3.8) is 0 Å². The largest absolute Gasteiger partial charge is 0.350 e. The molecule has 0 spiro atoms. The summed E-state index contributed by atoms with van der Waals surface area (Å²) in [6.07, 6.45) is 3.51. The standard InChI is InChI=1S/C10H15N3OS/c14-9(5-8-1-2-11-6-8)13-7-10-12-3-4-15-10/h3-4,8,11H,1-2,5-7H2,(H,13,14).